The average molecular weight is 433 g/mol. The standard InChI is InChI=1S/C25H23ClN3O2/c26-21-5-6-22-20(16-21)4-3-18-2-1-11-27-24(18)23(22)17-7-12-28(13-8-17)25(30)19-9-14-29(31)15-10-19/h1-2,5-6,9-11,14,16H,3-4,7-8,12-13,15H2/q-1. The highest BCUT2D eigenvalue weighted by atomic mass is 35.5. The number of benzene rings is 1. The molecule has 1 aromatic heterocycles. The Balaban J connectivity index is 1.47. The van der Waals surface area contributed by atoms with Crippen LogP contribution in [-0.2, 0) is 17.6 Å². The van der Waals surface area contributed by atoms with Gasteiger partial charge in [-0.15, -0.1) is 0 Å². The minimum atomic E-state index is -0.0000246. The lowest BCUT2D eigenvalue weighted by atomic mass is 9.88. The molecule has 3 heterocycles. The number of fused-ring (bicyclic) bond motifs is 2. The maximum absolute atomic E-state index is 12.9. The number of hydrogen-bond acceptors (Lipinski definition) is 4. The van der Waals surface area contributed by atoms with Crippen LogP contribution in [0.3, 0.4) is 0 Å². The van der Waals surface area contributed by atoms with Crippen LogP contribution in [0, 0.1) is 5.21 Å². The fourth-order valence-electron chi connectivity index (χ4n) is 4.68. The number of aromatic nitrogens is 1. The SMILES string of the molecule is O=C(C1=CCN([O-])C=C1)N1CCC(=C2c3ccc(Cl)cc3CCc3cccnc32)CC1. The molecule has 0 radical (unpaired) electrons. The van der Waals surface area contributed by atoms with Gasteiger partial charge in [-0.3, -0.25) is 9.78 Å². The first-order valence-corrected chi connectivity index (χ1v) is 11.0. The third-order valence-electron chi connectivity index (χ3n) is 6.29. The second-order valence-electron chi connectivity index (χ2n) is 8.16. The highest BCUT2D eigenvalue weighted by molar-refractivity contribution is 6.30. The molecule has 1 saturated heterocycles. The summed E-state index contributed by atoms with van der Waals surface area (Å²) in [6.45, 7) is 1.55. The molecular formula is C25H23ClN3O2-. The van der Waals surface area contributed by atoms with Gasteiger partial charge in [0.2, 0.25) is 0 Å². The van der Waals surface area contributed by atoms with E-state index in [0.717, 1.165) is 41.5 Å². The number of hydrogen-bond donors (Lipinski definition) is 0. The largest absolute Gasteiger partial charge is 0.758 e. The van der Waals surface area contributed by atoms with Crippen molar-refractivity contribution in [3.8, 4) is 0 Å². The van der Waals surface area contributed by atoms with Crippen molar-refractivity contribution in [3.63, 3.8) is 0 Å². The van der Waals surface area contributed by atoms with E-state index in [1.165, 1.54) is 34.0 Å². The third-order valence-corrected chi connectivity index (χ3v) is 6.53. The van der Waals surface area contributed by atoms with Gasteiger partial charge in [0, 0.05) is 42.0 Å². The Hall–Kier alpha value is -2.89. The Morgan fingerprint density at radius 1 is 1.06 bits per heavy atom. The lowest BCUT2D eigenvalue weighted by Gasteiger charge is -2.32. The Kier molecular flexibility index (Phi) is 5.38. The molecule has 1 aliphatic carbocycles. The van der Waals surface area contributed by atoms with E-state index in [-0.39, 0.29) is 12.5 Å². The normalized spacial score (nSPS) is 18.3. The fourth-order valence-corrected chi connectivity index (χ4v) is 4.88. The molecule has 5 nitrogen and oxygen atoms in total. The smallest absolute Gasteiger partial charge is 0.253 e. The number of carbonyl (C=O) groups excluding carboxylic acids is 1. The minimum absolute atomic E-state index is 0.0000246. The molecule has 0 unspecified atom stereocenters. The molecule has 0 bridgehead atoms. The van der Waals surface area contributed by atoms with Crippen LogP contribution in [0.1, 0.15) is 35.2 Å². The van der Waals surface area contributed by atoms with Gasteiger partial charge in [-0.25, -0.2) is 0 Å². The van der Waals surface area contributed by atoms with Crippen LogP contribution in [0.2, 0.25) is 5.02 Å². The van der Waals surface area contributed by atoms with E-state index in [9.17, 15) is 10.0 Å². The van der Waals surface area contributed by atoms with Crippen LogP contribution in [0.15, 0.2) is 66.0 Å². The predicted molar refractivity (Wildman–Crippen MR) is 122 cm³/mol. The van der Waals surface area contributed by atoms with Crippen molar-refractivity contribution in [2.24, 2.45) is 0 Å². The third kappa shape index (κ3) is 3.91. The lowest BCUT2D eigenvalue weighted by Crippen LogP contribution is -2.37. The minimum Gasteiger partial charge on any atom is -0.758 e. The molecule has 2 aromatic rings. The summed E-state index contributed by atoms with van der Waals surface area (Å²) in [6.07, 6.45) is 10.1. The van der Waals surface area contributed by atoms with Gasteiger partial charge < -0.3 is 15.2 Å². The van der Waals surface area contributed by atoms with Crippen LogP contribution in [0.5, 0.6) is 0 Å². The van der Waals surface area contributed by atoms with E-state index < -0.39 is 0 Å². The van der Waals surface area contributed by atoms with Crippen molar-refractivity contribution in [1.29, 1.82) is 0 Å². The van der Waals surface area contributed by atoms with Crippen LogP contribution in [0.4, 0.5) is 0 Å². The molecule has 0 N–H and O–H groups in total. The van der Waals surface area contributed by atoms with Crippen molar-refractivity contribution in [2.75, 3.05) is 19.6 Å². The topological polar surface area (TPSA) is 59.5 Å². The van der Waals surface area contributed by atoms with Crippen molar-refractivity contribution in [1.82, 2.24) is 14.9 Å². The zero-order chi connectivity index (χ0) is 21.4. The number of hydroxylamine groups is 2. The first-order chi connectivity index (χ1) is 15.1. The van der Waals surface area contributed by atoms with Gasteiger partial charge in [0.05, 0.1) is 5.69 Å². The van der Waals surface area contributed by atoms with E-state index >= 15 is 0 Å². The summed E-state index contributed by atoms with van der Waals surface area (Å²) in [7, 11) is 0. The van der Waals surface area contributed by atoms with E-state index in [4.69, 9.17) is 16.6 Å². The Morgan fingerprint density at radius 3 is 2.65 bits per heavy atom. The summed E-state index contributed by atoms with van der Waals surface area (Å²) < 4.78 is 0. The predicted octanol–water partition coefficient (Wildman–Crippen LogP) is 4.51. The molecule has 0 spiro atoms. The number of rotatable bonds is 1. The Labute approximate surface area is 186 Å². The second-order valence-corrected chi connectivity index (χ2v) is 8.59. The molecular weight excluding hydrogens is 410 g/mol. The Morgan fingerprint density at radius 2 is 1.87 bits per heavy atom. The molecule has 6 heteroatoms. The molecule has 1 aromatic carbocycles. The summed E-state index contributed by atoms with van der Waals surface area (Å²) in [5.41, 5.74) is 7.95. The number of aryl methyl sites for hydroxylation is 2. The van der Waals surface area contributed by atoms with Gasteiger partial charge in [-0.1, -0.05) is 35.4 Å². The lowest BCUT2D eigenvalue weighted by molar-refractivity contribution is -0.127. The van der Waals surface area contributed by atoms with Crippen molar-refractivity contribution < 1.29 is 4.79 Å². The highest BCUT2D eigenvalue weighted by Gasteiger charge is 2.27. The van der Waals surface area contributed by atoms with Gasteiger partial charge in [-0.2, -0.15) is 0 Å². The first-order valence-electron chi connectivity index (χ1n) is 10.7. The molecule has 3 aliphatic rings. The number of likely N-dealkylation sites (tertiary alicyclic amines) is 1. The van der Waals surface area contributed by atoms with Crippen molar-refractivity contribution in [3.05, 3.63) is 98.6 Å². The van der Waals surface area contributed by atoms with Gasteiger partial charge in [-0.05, 0) is 72.8 Å². The molecule has 0 saturated carbocycles. The van der Waals surface area contributed by atoms with E-state index in [1.807, 2.05) is 23.2 Å². The van der Waals surface area contributed by atoms with Gasteiger partial charge in [0.1, 0.15) is 0 Å². The monoisotopic (exact) mass is 432 g/mol. The summed E-state index contributed by atoms with van der Waals surface area (Å²) >= 11 is 6.30. The van der Waals surface area contributed by atoms with E-state index in [2.05, 4.69) is 18.2 Å². The molecule has 1 amide bonds. The maximum Gasteiger partial charge on any atom is 0.253 e. The maximum atomic E-state index is 12.9. The quantitative estimate of drug-likeness (QED) is 0.665. The van der Waals surface area contributed by atoms with E-state index in [0.29, 0.717) is 18.7 Å². The van der Waals surface area contributed by atoms with Crippen LogP contribution in [0.25, 0.3) is 5.57 Å². The Bertz CT molecular complexity index is 1130. The summed E-state index contributed by atoms with van der Waals surface area (Å²) in [5.74, 6) is -0.0000246. The molecule has 31 heavy (non-hydrogen) atoms. The van der Waals surface area contributed by atoms with Crippen molar-refractivity contribution in [2.45, 2.75) is 25.7 Å². The number of pyridine rings is 1. The van der Waals surface area contributed by atoms with Crippen LogP contribution < -0.4 is 0 Å². The summed E-state index contributed by atoms with van der Waals surface area (Å²) in [6, 6.07) is 10.3. The molecule has 1 fully saturated rings. The molecule has 2 aliphatic heterocycles. The first kappa shape index (κ1) is 20.0. The van der Waals surface area contributed by atoms with Crippen molar-refractivity contribution >= 4 is 23.1 Å². The number of amides is 1. The number of carbonyl (C=O) groups is 1. The zero-order valence-electron chi connectivity index (χ0n) is 17.2. The summed E-state index contributed by atoms with van der Waals surface area (Å²) in [5, 5.41) is 12.9. The van der Waals surface area contributed by atoms with Gasteiger partial charge in [0.15, 0.2) is 0 Å². The summed E-state index contributed by atoms with van der Waals surface area (Å²) in [4.78, 5) is 19.5. The van der Waals surface area contributed by atoms with E-state index in [1.54, 1.807) is 12.2 Å². The fraction of sp³-hybridized carbons (Fsp3) is 0.280. The second kappa shape index (κ2) is 8.33. The molecule has 0 atom stereocenters. The zero-order valence-corrected chi connectivity index (χ0v) is 17.9. The number of piperidine rings is 1. The van der Waals surface area contributed by atoms with Gasteiger partial charge >= 0.3 is 0 Å². The number of nitrogens with zero attached hydrogens (tertiary/aromatic N) is 3. The molecule has 5 rings (SSSR count). The number of halogens is 1. The van der Waals surface area contributed by atoms with Crippen LogP contribution in [-0.4, -0.2) is 40.5 Å². The van der Waals surface area contributed by atoms with Crippen LogP contribution >= 0.6 is 11.6 Å². The van der Waals surface area contributed by atoms with Gasteiger partial charge in [0.25, 0.3) is 5.91 Å². The molecule has 158 valence electrons. The average Bonchev–Trinajstić information content (AvgIpc) is 2.96. The highest BCUT2D eigenvalue weighted by Crippen LogP contribution is 2.38.